The average molecular weight is 945 g/mol. The van der Waals surface area contributed by atoms with Gasteiger partial charge in [0, 0.05) is 63.3 Å². The van der Waals surface area contributed by atoms with Crippen molar-refractivity contribution in [2.45, 2.75) is 32.6 Å². The zero-order valence-corrected chi connectivity index (χ0v) is 41.8. The molecule has 0 radical (unpaired) electrons. The van der Waals surface area contributed by atoms with Crippen LogP contribution in [-0.4, -0.2) is 0 Å². The van der Waals surface area contributed by atoms with E-state index < -0.39 is 0 Å². The molecule has 0 nitrogen and oxygen atoms in total. The van der Waals surface area contributed by atoms with Crippen molar-refractivity contribution in [3.8, 4) is 86.3 Å². The summed E-state index contributed by atoms with van der Waals surface area (Å²) in [7, 11) is 0. The number of thiophene rings is 2. The van der Waals surface area contributed by atoms with Crippen LogP contribution in [0.5, 0.6) is 0 Å². The molecule has 2 aromatic heterocycles. The summed E-state index contributed by atoms with van der Waals surface area (Å²) in [5.74, 6) is 0. The van der Waals surface area contributed by atoms with Crippen molar-refractivity contribution in [1.82, 2.24) is 0 Å². The molecule has 12 aromatic rings. The van der Waals surface area contributed by atoms with Crippen molar-refractivity contribution < 1.29 is 0 Å². The lowest BCUT2D eigenvalue weighted by Gasteiger charge is -2.30. The molecule has 0 aliphatic carbocycles. The number of rotatable bonds is 11. The van der Waals surface area contributed by atoms with Crippen molar-refractivity contribution in [3.05, 3.63) is 265 Å². The van der Waals surface area contributed by atoms with E-state index in [-0.39, 0.29) is 5.41 Å². The topological polar surface area (TPSA) is 0 Å². The van der Waals surface area contributed by atoms with Gasteiger partial charge in [0.05, 0.1) is 0 Å². The van der Waals surface area contributed by atoms with Crippen molar-refractivity contribution in [2.24, 2.45) is 0 Å². The monoisotopic (exact) mass is 944 g/mol. The molecule has 0 spiro atoms. The zero-order valence-electron chi connectivity index (χ0n) is 40.2. The van der Waals surface area contributed by atoms with E-state index in [9.17, 15) is 0 Å². The summed E-state index contributed by atoms with van der Waals surface area (Å²) in [5, 5.41) is 5.16. The first-order valence-electron chi connectivity index (χ1n) is 24.6. The van der Waals surface area contributed by atoms with Crippen LogP contribution in [0.3, 0.4) is 0 Å². The molecule has 0 amide bonds. The lowest BCUT2D eigenvalue weighted by Crippen LogP contribution is -2.22. The van der Waals surface area contributed by atoms with Crippen LogP contribution < -0.4 is 0 Å². The van der Waals surface area contributed by atoms with E-state index >= 15 is 0 Å². The third-order valence-corrected chi connectivity index (χ3v) is 16.8. The predicted octanol–water partition coefficient (Wildman–Crippen LogP) is 20.3. The van der Waals surface area contributed by atoms with Gasteiger partial charge in [-0.1, -0.05) is 262 Å². The molecule has 0 aliphatic rings. The van der Waals surface area contributed by atoms with Crippen LogP contribution in [0.2, 0.25) is 0 Å². The number of benzene rings is 10. The van der Waals surface area contributed by atoms with E-state index in [1.54, 1.807) is 0 Å². The van der Waals surface area contributed by atoms with Crippen LogP contribution in [0.4, 0.5) is 0 Å². The normalized spacial score (nSPS) is 11.6. The fraction of sp³-hybridized carbons (Fsp3) is 0.0725. The fourth-order valence-corrected chi connectivity index (χ4v) is 13.5. The van der Waals surface area contributed by atoms with E-state index in [2.05, 4.69) is 269 Å². The summed E-state index contributed by atoms with van der Waals surface area (Å²) >= 11 is 3.85. The van der Waals surface area contributed by atoms with Gasteiger partial charge in [0.2, 0.25) is 0 Å². The van der Waals surface area contributed by atoms with Crippen LogP contribution in [0.15, 0.2) is 249 Å². The largest absolute Gasteiger partial charge is 0.134 e. The minimum atomic E-state index is -0.216. The smallest absolute Gasteiger partial charge is 0.0437 e. The number of hydrogen-bond acceptors (Lipinski definition) is 2. The molecule has 340 valence electrons. The summed E-state index contributed by atoms with van der Waals surface area (Å²) in [6, 6.07) is 91.8. The molecule has 0 fully saturated rings. The van der Waals surface area contributed by atoms with E-state index in [0.29, 0.717) is 0 Å². The standard InChI is InChI=1S/C69H52S2/c1-46-38-43-54(62(44-46)67-59-33-18-17-32-58(59)65(70-67)56-30-15-13-28-52(56)48-22-7-4-8-23-48)51-41-39-47(40-42-51)45-69(2,3)63-37-21-36-55(50-26-11-6-12-27-50)64(63)68-61-35-20-19-34-60(61)66(71-68)57-31-16-14-29-53(57)49-24-9-5-10-25-49/h4-44H,45H2,1-3H3. The van der Waals surface area contributed by atoms with Gasteiger partial charge in [0.15, 0.2) is 0 Å². The third-order valence-electron chi connectivity index (χ3n) is 14.2. The molecule has 0 bridgehead atoms. The average Bonchev–Trinajstić information content (AvgIpc) is 4.01. The Bertz CT molecular complexity index is 3850. The molecule has 0 N–H and O–H groups in total. The van der Waals surface area contributed by atoms with Gasteiger partial charge in [-0.15, -0.1) is 22.7 Å². The Morgan fingerprint density at radius 1 is 0.310 bits per heavy atom. The van der Waals surface area contributed by atoms with Crippen molar-refractivity contribution in [2.75, 3.05) is 0 Å². The van der Waals surface area contributed by atoms with Crippen molar-refractivity contribution >= 4 is 44.2 Å². The van der Waals surface area contributed by atoms with Gasteiger partial charge >= 0.3 is 0 Å². The van der Waals surface area contributed by atoms with Crippen LogP contribution in [0.25, 0.3) is 108 Å². The molecule has 0 aliphatic heterocycles. The highest BCUT2D eigenvalue weighted by Gasteiger charge is 2.30. The molecule has 12 rings (SSSR count). The Hall–Kier alpha value is -7.88. The molecule has 2 heterocycles. The minimum Gasteiger partial charge on any atom is -0.134 e. The highest BCUT2D eigenvalue weighted by atomic mass is 32.1. The SMILES string of the molecule is Cc1ccc(-c2ccc(CC(C)(C)c3cccc(-c4ccccc4)c3-c3sc(-c4ccccc4-c4ccccc4)c4ccccc34)cc2)c(-c2sc(-c3ccccc3-c3ccccc3)c3ccccc23)c1. The first kappa shape index (κ1) is 44.3. The highest BCUT2D eigenvalue weighted by Crippen LogP contribution is 2.53. The number of fused-ring (bicyclic) bond motifs is 2. The zero-order chi connectivity index (χ0) is 47.9. The highest BCUT2D eigenvalue weighted by molar-refractivity contribution is 7.21. The fourth-order valence-electron chi connectivity index (χ4n) is 10.8. The van der Waals surface area contributed by atoms with E-state index in [1.165, 1.54) is 125 Å². The van der Waals surface area contributed by atoms with E-state index in [0.717, 1.165) is 6.42 Å². The Labute approximate surface area is 425 Å². The molecule has 0 atom stereocenters. The van der Waals surface area contributed by atoms with Gasteiger partial charge < -0.3 is 0 Å². The Kier molecular flexibility index (Phi) is 11.7. The number of aryl methyl sites for hydroxylation is 1. The van der Waals surface area contributed by atoms with E-state index in [4.69, 9.17) is 0 Å². The molecule has 0 saturated carbocycles. The third kappa shape index (κ3) is 8.34. The van der Waals surface area contributed by atoms with Crippen molar-refractivity contribution in [3.63, 3.8) is 0 Å². The quantitative estimate of drug-likeness (QED) is 0.121. The second kappa shape index (κ2) is 18.8. The predicted molar refractivity (Wildman–Crippen MR) is 309 cm³/mol. The van der Waals surface area contributed by atoms with Gasteiger partial charge in [-0.25, -0.2) is 0 Å². The summed E-state index contributed by atoms with van der Waals surface area (Å²) in [4.78, 5) is 5.23. The molecule has 0 unspecified atom stereocenters. The van der Waals surface area contributed by atoms with Crippen LogP contribution >= 0.6 is 22.7 Å². The minimum absolute atomic E-state index is 0.216. The van der Waals surface area contributed by atoms with Gasteiger partial charge in [-0.2, -0.15) is 0 Å². The van der Waals surface area contributed by atoms with Crippen LogP contribution in [-0.2, 0) is 11.8 Å². The molecule has 10 aromatic carbocycles. The van der Waals surface area contributed by atoms with Gasteiger partial charge in [0.1, 0.15) is 0 Å². The maximum absolute atomic E-state index is 2.43. The summed E-state index contributed by atoms with van der Waals surface area (Å²) in [6.45, 7) is 7.08. The Morgan fingerprint density at radius 3 is 1.21 bits per heavy atom. The Morgan fingerprint density at radius 2 is 0.690 bits per heavy atom. The van der Waals surface area contributed by atoms with Crippen LogP contribution in [0, 0.1) is 6.92 Å². The van der Waals surface area contributed by atoms with Gasteiger partial charge in [-0.3, -0.25) is 0 Å². The van der Waals surface area contributed by atoms with Crippen LogP contribution in [0.1, 0.15) is 30.5 Å². The molecular weight excluding hydrogens is 893 g/mol. The maximum atomic E-state index is 2.43. The first-order chi connectivity index (χ1) is 34.9. The summed E-state index contributed by atoms with van der Waals surface area (Å²) < 4.78 is 0. The molecule has 2 heteroatoms. The summed E-state index contributed by atoms with van der Waals surface area (Å²) in [6.07, 6.45) is 0.881. The maximum Gasteiger partial charge on any atom is 0.0437 e. The first-order valence-corrected chi connectivity index (χ1v) is 26.3. The summed E-state index contributed by atoms with van der Waals surface area (Å²) in [5.41, 5.74) is 18.8. The number of hydrogen-bond donors (Lipinski definition) is 0. The molecular formula is C69H52S2. The second-order valence-corrected chi connectivity index (χ2v) is 21.4. The Balaban J connectivity index is 0.937. The molecule has 71 heavy (non-hydrogen) atoms. The lowest BCUT2D eigenvalue weighted by atomic mass is 9.75. The van der Waals surface area contributed by atoms with E-state index in [1.807, 2.05) is 22.7 Å². The second-order valence-electron chi connectivity index (χ2n) is 19.3. The van der Waals surface area contributed by atoms with Gasteiger partial charge in [-0.05, 0) is 80.5 Å². The van der Waals surface area contributed by atoms with Crippen molar-refractivity contribution in [1.29, 1.82) is 0 Å². The van der Waals surface area contributed by atoms with Gasteiger partial charge in [0.25, 0.3) is 0 Å². The molecule has 0 saturated heterocycles. The lowest BCUT2D eigenvalue weighted by molar-refractivity contribution is 0.524.